The molecule has 2 nitrogen and oxygen atoms in total. The van der Waals surface area contributed by atoms with Crippen LogP contribution in [0.5, 0.6) is 0 Å². The summed E-state index contributed by atoms with van der Waals surface area (Å²) < 4.78 is 1.27. The van der Waals surface area contributed by atoms with Crippen LogP contribution in [-0.4, -0.2) is 42.1 Å². The first-order valence-electron chi connectivity index (χ1n) is 4.92. The van der Waals surface area contributed by atoms with Crippen molar-refractivity contribution in [3.63, 3.8) is 0 Å². The lowest BCUT2D eigenvalue weighted by atomic mass is 10.4. The van der Waals surface area contributed by atoms with Gasteiger partial charge < -0.3 is 10.2 Å². The van der Waals surface area contributed by atoms with Crippen LogP contribution in [0.2, 0.25) is 0 Å². The monoisotopic (exact) mass is 282 g/mol. The zero-order valence-corrected chi connectivity index (χ0v) is 9.85. The van der Waals surface area contributed by atoms with Gasteiger partial charge in [-0.05, 0) is 38.9 Å². The Morgan fingerprint density at radius 1 is 1.17 bits per heavy atom. The van der Waals surface area contributed by atoms with Crippen molar-refractivity contribution >= 4 is 22.6 Å². The summed E-state index contributed by atoms with van der Waals surface area (Å²) in [5, 5.41) is 3.47. The molecule has 1 N–H and O–H groups in total. The predicted molar refractivity (Wildman–Crippen MR) is 62.0 cm³/mol. The van der Waals surface area contributed by atoms with Crippen LogP contribution in [0.15, 0.2) is 0 Å². The van der Waals surface area contributed by atoms with Gasteiger partial charge in [-0.3, -0.25) is 0 Å². The van der Waals surface area contributed by atoms with Gasteiger partial charge in [-0.2, -0.15) is 0 Å². The van der Waals surface area contributed by atoms with Gasteiger partial charge in [0.2, 0.25) is 0 Å². The first kappa shape index (κ1) is 10.7. The van der Waals surface area contributed by atoms with E-state index in [-0.39, 0.29) is 0 Å². The molecule has 1 rings (SSSR count). The highest BCUT2D eigenvalue weighted by atomic mass is 127. The Balaban J connectivity index is 1.81. The third-order valence-corrected chi connectivity index (χ3v) is 3.05. The highest BCUT2D eigenvalue weighted by molar-refractivity contribution is 14.1. The Morgan fingerprint density at radius 2 is 1.92 bits per heavy atom. The summed E-state index contributed by atoms with van der Waals surface area (Å²) in [5.74, 6) is 0. The van der Waals surface area contributed by atoms with Crippen LogP contribution in [0, 0.1) is 0 Å². The fraction of sp³-hybridized carbons (Fsp3) is 1.00. The summed E-state index contributed by atoms with van der Waals surface area (Å²) in [4.78, 5) is 2.55. The Morgan fingerprint density at radius 3 is 2.58 bits per heavy atom. The van der Waals surface area contributed by atoms with Crippen molar-refractivity contribution in [1.82, 2.24) is 10.2 Å². The van der Waals surface area contributed by atoms with E-state index >= 15 is 0 Å². The number of likely N-dealkylation sites (tertiary alicyclic amines) is 1. The Labute approximate surface area is 89.2 Å². The molecule has 3 heteroatoms. The van der Waals surface area contributed by atoms with Gasteiger partial charge in [0.15, 0.2) is 0 Å². The minimum Gasteiger partial charge on any atom is -0.315 e. The van der Waals surface area contributed by atoms with Crippen molar-refractivity contribution in [3.05, 3.63) is 0 Å². The molecule has 0 amide bonds. The van der Waals surface area contributed by atoms with Gasteiger partial charge in [0.05, 0.1) is 0 Å². The fourth-order valence-corrected chi connectivity index (χ4v) is 1.94. The molecule has 0 aromatic rings. The lowest BCUT2D eigenvalue weighted by Gasteiger charge is -2.14. The van der Waals surface area contributed by atoms with Crippen molar-refractivity contribution in [1.29, 1.82) is 0 Å². The summed E-state index contributed by atoms with van der Waals surface area (Å²) in [7, 11) is 0. The molecule has 1 aliphatic heterocycles. The van der Waals surface area contributed by atoms with Gasteiger partial charge in [0.1, 0.15) is 0 Å². The highest BCUT2D eigenvalue weighted by Crippen LogP contribution is 2.05. The van der Waals surface area contributed by atoms with Crippen molar-refractivity contribution in [2.45, 2.75) is 19.3 Å². The molecule has 0 aromatic carbocycles. The molecule has 0 aromatic heterocycles. The molecule has 0 spiro atoms. The molecule has 0 aliphatic carbocycles. The molecular formula is C9H19IN2. The SMILES string of the molecule is ICCCNCCN1CCCC1. The van der Waals surface area contributed by atoms with Gasteiger partial charge in [0.25, 0.3) is 0 Å². The summed E-state index contributed by atoms with van der Waals surface area (Å²) in [6.07, 6.45) is 4.13. The zero-order chi connectivity index (χ0) is 8.65. The van der Waals surface area contributed by atoms with Gasteiger partial charge in [-0.25, -0.2) is 0 Å². The zero-order valence-electron chi connectivity index (χ0n) is 7.69. The Kier molecular flexibility index (Phi) is 6.34. The molecule has 0 radical (unpaired) electrons. The van der Waals surface area contributed by atoms with E-state index in [0.29, 0.717) is 0 Å². The number of nitrogens with one attached hydrogen (secondary N) is 1. The predicted octanol–water partition coefficient (Wildman–Crippen LogP) is 1.50. The molecule has 1 fully saturated rings. The standard InChI is InChI=1S/C9H19IN2/c10-4-3-5-11-6-9-12-7-1-2-8-12/h11H,1-9H2. The van der Waals surface area contributed by atoms with Gasteiger partial charge in [0, 0.05) is 17.5 Å². The topological polar surface area (TPSA) is 15.3 Å². The lowest BCUT2D eigenvalue weighted by molar-refractivity contribution is 0.336. The van der Waals surface area contributed by atoms with Crippen molar-refractivity contribution < 1.29 is 0 Å². The van der Waals surface area contributed by atoms with Crippen LogP contribution in [0.25, 0.3) is 0 Å². The third-order valence-electron chi connectivity index (χ3n) is 2.29. The van der Waals surface area contributed by atoms with Gasteiger partial charge in [-0.15, -0.1) is 0 Å². The lowest BCUT2D eigenvalue weighted by Crippen LogP contribution is -2.30. The van der Waals surface area contributed by atoms with Crippen molar-refractivity contribution in [2.75, 3.05) is 37.2 Å². The molecule has 0 unspecified atom stereocenters. The second-order valence-corrected chi connectivity index (χ2v) is 4.42. The second-order valence-electron chi connectivity index (χ2n) is 3.34. The first-order chi connectivity index (χ1) is 5.93. The normalized spacial score (nSPS) is 18.8. The molecule has 72 valence electrons. The molecule has 0 saturated carbocycles. The minimum atomic E-state index is 1.18. The van der Waals surface area contributed by atoms with E-state index in [2.05, 4.69) is 32.8 Å². The van der Waals surface area contributed by atoms with E-state index in [9.17, 15) is 0 Å². The van der Waals surface area contributed by atoms with E-state index in [0.717, 1.165) is 0 Å². The summed E-state index contributed by atoms with van der Waals surface area (Å²) in [6.45, 7) is 6.27. The molecule has 1 heterocycles. The molecular weight excluding hydrogens is 263 g/mol. The number of alkyl halides is 1. The fourth-order valence-electron chi connectivity index (χ4n) is 1.56. The third kappa shape index (κ3) is 4.62. The van der Waals surface area contributed by atoms with Gasteiger partial charge >= 0.3 is 0 Å². The van der Waals surface area contributed by atoms with Gasteiger partial charge in [-0.1, -0.05) is 22.6 Å². The maximum absolute atomic E-state index is 3.47. The second kappa shape index (κ2) is 7.09. The summed E-state index contributed by atoms with van der Waals surface area (Å²) in [5.41, 5.74) is 0. The van der Waals surface area contributed by atoms with Crippen LogP contribution in [-0.2, 0) is 0 Å². The molecule has 1 saturated heterocycles. The van der Waals surface area contributed by atoms with E-state index < -0.39 is 0 Å². The minimum absolute atomic E-state index is 1.18. The highest BCUT2D eigenvalue weighted by Gasteiger charge is 2.09. The molecule has 1 aliphatic rings. The Bertz CT molecular complexity index is 103. The van der Waals surface area contributed by atoms with Crippen LogP contribution >= 0.6 is 22.6 Å². The maximum Gasteiger partial charge on any atom is 0.0107 e. The molecule has 0 atom stereocenters. The average Bonchev–Trinajstić information content (AvgIpc) is 2.57. The van der Waals surface area contributed by atoms with Crippen molar-refractivity contribution in [2.24, 2.45) is 0 Å². The number of hydrogen-bond acceptors (Lipinski definition) is 2. The Hall–Kier alpha value is 0.650. The number of hydrogen-bond donors (Lipinski definition) is 1. The average molecular weight is 282 g/mol. The van der Waals surface area contributed by atoms with Crippen LogP contribution in [0.4, 0.5) is 0 Å². The largest absolute Gasteiger partial charge is 0.315 e. The molecule has 12 heavy (non-hydrogen) atoms. The number of halogens is 1. The van der Waals surface area contributed by atoms with E-state index in [1.54, 1.807) is 0 Å². The van der Waals surface area contributed by atoms with E-state index in [1.165, 1.54) is 56.4 Å². The maximum atomic E-state index is 3.47. The van der Waals surface area contributed by atoms with Crippen LogP contribution < -0.4 is 5.32 Å². The van der Waals surface area contributed by atoms with Crippen LogP contribution in [0.3, 0.4) is 0 Å². The van der Waals surface area contributed by atoms with Crippen LogP contribution in [0.1, 0.15) is 19.3 Å². The summed E-state index contributed by atoms with van der Waals surface area (Å²) in [6, 6.07) is 0. The van der Waals surface area contributed by atoms with Crippen molar-refractivity contribution in [3.8, 4) is 0 Å². The van der Waals surface area contributed by atoms with E-state index in [1.807, 2.05) is 0 Å². The molecule has 0 bridgehead atoms. The quantitative estimate of drug-likeness (QED) is 0.451. The van der Waals surface area contributed by atoms with E-state index in [4.69, 9.17) is 0 Å². The smallest absolute Gasteiger partial charge is 0.0107 e. The number of nitrogens with zero attached hydrogens (tertiary/aromatic N) is 1. The summed E-state index contributed by atoms with van der Waals surface area (Å²) >= 11 is 2.43. The number of rotatable bonds is 6. The first-order valence-corrected chi connectivity index (χ1v) is 6.45.